The first kappa shape index (κ1) is 13.3. The van der Waals surface area contributed by atoms with Gasteiger partial charge in [0, 0.05) is 12.1 Å². The normalized spacial score (nSPS) is 13.3. The van der Waals surface area contributed by atoms with Gasteiger partial charge in [-0.2, -0.15) is 0 Å². The molecule has 100 valence electrons. The number of benzene rings is 1. The number of ether oxygens (including phenoxy) is 2. The van der Waals surface area contributed by atoms with E-state index in [1.165, 1.54) is 7.11 Å². The molecule has 1 aliphatic heterocycles. The molecule has 5 heteroatoms. The molecule has 0 radical (unpaired) electrons. The van der Waals surface area contributed by atoms with Gasteiger partial charge < -0.3 is 9.47 Å². The van der Waals surface area contributed by atoms with Crippen LogP contribution >= 0.6 is 0 Å². The van der Waals surface area contributed by atoms with Crippen LogP contribution in [0.3, 0.4) is 0 Å². The van der Waals surface area contributed by atoms with Crippen LogP contribution in [-0.2, 0) is 20.7 Å². The highest BCUT2D eigenvalue weighted by molar-refractivity contribution is 6.44. The number of carbonyl (C=O) groups is 2. The van der Waals surface area contributed by atoms with Gasteiger partial charge in [-0.05, 0) is 31.0 Å². The SMILES string of the molecule is CCOC(=O)C1=NCCc2ccc(C(=O)OC)cc21. The second-order valence-corrected chi connectivity index (χ2v) is 4.06. The molecule has 0 atom stereocenters. The molecule has 2 rings (SSSR count). The Morgan fingerprint density at radius 2 is 2.11 bits per heavy atom. The molecule has 1 aliphatic rings. The molecule has 0 fully saturated rings. The zero-order valence-electron chi connectivity index (χ0n) is 10.9. The van der Waals surface area contributed by atoms with Crippen molar-refractivity contribution in [3.63, 3.8) is 0 Å². The molecule has 0 aromatic heterocycles. The van der Waals surface area contributed by atoms with E-state index in [2.05, 4.69) is 9.73 Å². The molecule has 0 saturated heterocycles. The number of rotatable bonds is 3. The molecule has 0 spiro atoms. The van der Waals surface area contributed by atoms with Crippen LogP contribution in [0.15, 0.2) is 23.2 Å². The molecule has 0 saturated carbocycles. The van der Waals surface area contributed by atoms with E-state index < -0.39 is 11.9 Å². The lowest BCUT2D eigenvalue weighted by atomic mass is 9.95. The van der Waals surface area contributed by atoms with Gasteiger partial charge >= 0.3 is 11.9 Å². The maximum Gasteiger partial charge on any atom is 0.357 e. The molecule has 19 heavy (non-hydrogen) atoms. The summed E-state index contributed by atoms with van der Waals surface area (Å²) < 4.78 is 9.65. The third-order valence-electron chi connectivity index (χ3n) is 2.91. The fraction of sp³-hybridized carbons (Fsp3) is 0.357. The lowest BCUT2D eigenvalue weighted by molar-refractivity contribution is -0.135. The van der Waals surface area contributed by atoms with Crippen molar-refractivity contribution in [3.05, 3.63) is 34.9 Å². The molecule has 0 unspecified atom stereocenters. The summed E-state index contributed by atoms with van der Waals surface area (Å²) in [5, 5.41) is 0. The summed E-state index contributed by atoms with van der Waals surface area (Å²) in [7, 11) is 1.32. The third-order valence-corrected chi connectivity index (χ3v) is 2.91. The molecule has 0 bridgehead atoms. The number of esters is 2. The van der Waals surface area contributed by atoms with Gasteiger partial charge in [-0.25, -0.2) is 9.59 Å². The van der Waals surface area contributed by atoms with Crippen molar-refractivity contribution in [3.8, 4) is 0 Å². The van der Waals surface area contributed by atoms with Crippen LogP contribution in [0.2, 0.25) is 0 Å². The monoisotopic (exact) mass is 261 g/mol. The number of methoxy groups -OCH3 is 1. The Balaban J connectivity index is 2.41. The predicted octanol–water partition coefficient (Wildman–Crippen LogP) is 1.38. The van der Waals surface area contributed by atoms with E-state index in [9.17, 15) is 9.59 Å². The summed E-state index contributed by atoms with van der Waals surface area (Å²) in [5.74, 6) is -0.887. The van der Waals surface area contributed by atoms with Crippen molar-refractivity contribution in [2.75, 3.05) is 20.3 Å². The Kier molecular flexibility index (Phi) is 3.94. The fourth-order valence-electron chi connectivity index (χ4n) is 2.01. The summed E-state index contributed by atoms with van der Waals surface area (Å²) in [6.45, 7) is 2.59. The number of fused-ring (bicyclic) bond motifs is 1. The van der Waals surface area contributed by atoms with E-state index in [1.54, 1.807) is 19.1 Å². The average molecular weight is 261 g/mol. The smallest absolute Gasteiger partial charge is 0.357 e. The third kappa shape index (κ3) is 2.65. The highest BCUT2D eigenvalue weighted by atomic mass is 16.5. The van der Waals surface area contributed by atoms with Gasteiger partial charge in [0.2, 0.25) is 0 Å². The number of hydrogen-bond donors (Lipinski definition) is 0. The number of nitrogens with zero attached hydrogens (tertiary/aromatic N) is 1. The van der Waals surface area contributed by atoms with Crippen LogP contribution in [0, 0.1) is 0 Å². The van der Waals surface area contributed by atoms with Gasteiger partial charge in [-0.1, -0.05) is 6.07 Å². The number of carbonyl (C=O) groups excluding carboxylic acids is 2. The molecular formula is C14H15NO4. The standard InChI is InChI=1S/C14H15NO4/c1-3-19-14(17)12-11-8-10(13(16)18-2)5-4-9(11)6-7-15-12/h4-5,8H,3,6-7H2,1-2H3. The van der Waals surface area contributed by atoms with Crippen LogP contribution in [-0.4, -0.2) is 37.9 Å². The topological polar surface area (TPSA) is 65.0 Å². The van der Waals surface area contributed by atoms with Gasteiger partial charge in [0.05, 0.1) is 19.3 Å². The fourth-order valence-corrected chi connectivity index (χ4v) is 2.01. The van der Waals surface area contributed by atoms with Crippen molar-refractivity contribution < 1.29 is 19.1 Å². The van der Waals surface area contributed by atoms with Crippen molar-refractivity contribution in [1.82, 2.24) is 0 Å². The second-order valence-electron chi connectivity index (χ2n) is 4.06. The first-order valence-electron chi connectivity index (χ1n) is 6.10. The van der Waals surface area contributed by atoms with Gasteiger partial charge in [-0.3, -0.25) is 4.99 Å². The Morgan fingerprint density at radius 1 is 1.32 bits per heavy atom. The van der Waals surface area contributed by atoms with Crippen LogP contribution in [0.5, 0.6) is 0 Å². The molecule has 0 amide bonds. The van der Waals surface area contributed by atoms with Crippen molar-refractivity contribution in [2.24, 2.45) is 4.99 Å². The first-order chi connectivity index (χ1) is 9.17. The van der Waals surface area contributed by atoms with Crippen molar-refractivity contribution in [2.45, 2.75) is 13.3 Å². The zero-order chi connectivity index (χ0) is 13.8. The van der Waals surface area contributed by atoms with Gasteiger partial charge in [0.15, 0.2) is 5.71 Å². The van der Waals surface area contributed by atoms with E-state index in [-0.39, 0.29) is 5.71 Å². The van der Waals surface area contributed by atoms with E-state index >= 15 is 0 Å². The van der Waals surface area contributed by atoms with Crippen LogP contribution in [0.4, 0.5) is 0 Å². The summed E-state index contributed by atoms with van der Waals surface area (Å²) in [6.07, 6.45) is 0.750. The molecule has 1 heterocycles. The largest absolute Gasteiger partial charge is 0.465 e. The molecular weight excluding hydrogens is 246 g/mol. The maximum atomic E-state index is 11.8. The summed E-state index contributed by atoms with van der Waals surface area (Å²) in [4.78, 5) is 27.6. The molecule has 1 aromatic rings. The maximum absolute atomic E-state index is 11.8. The second kappa shape index (κ2) is 5.65. The molecule has 5 nitrogen and oxygen atoms in total. The Labute approximate surface area is 111 Å². The van der Waals surface area contributed by atoms with E-state index in [0.717, 1.165) is 12.0 Å². The highest BCUT2D eigenvalue weighted by Crippen LogP contribution is 2.19. The van der Waals surface area contributed by atoms with Crippen molar-refractivity contribution >= 4 is 17.7 Å². The van der Waals surface area contributed by atoms with Crippen LogP contribution in [0.1, 0.15) is 28.4 Å². The first-order valence-corrected chi connectivity index (χ1v) is 6.10. The quantitative estimate of drug-likeness (QED) is 0.771. The Hall–Kier alpha value is -2.17. The minimum absolute atomic E-state index is 0.286. The van der Waals surface area contributed by atoms with Crippen LogP contribution < -0.4 is 0 Å². The molecule has 1 aromatic carbocycles. The van der Waals surface area contributed by atoms with E-state index in [4.69, 9.17) is 4.74 Å². The Bertz CT molecular complexity index is 548. The van der Waals surface area contributed by atoms with E-state index in [0.29, 0.717) is 24.3 Å². The minimum atomic E-state index is -0.453. The van der Waals surface area contributed by atoms with Gasteiger partial charge in [-0.15, -0.1) is 0 Å². The van der Waals surface area contributed by atoms with Crippen LogP contribution in [0.25, 0.3) is 0 Å². The predicted molar refractivity (Wildman–Crippen MR) is 69.5 cm³/mol. The number of hydrogen-bond acceptors (Lipinski definition) is 5. The highest BCUT2D eigenvalue weighted by Gasteiger charge is 2.23. The minimum Gasteiger partial charge on any atom is -0.465 e. The summed E-state index contributed by atoms with van der Waals surface area (Å²) in [6, 6.07) is 5.16. The molecule has 0 aliphatic carbocycles. The number of aliphatic imine (C=N–C) groups is 1. The van der Waals surface area contributed by atoms with Gasteiger partial charge in [0.1, 0.15) is 0 Å². The summed E-state index contributed by atoms with van der Waals surface area (Å²) >= 11 is 0. The zero-order valence-corrected chi connectivity index (χ0v) is 10.9. The Morgan fingerprint density at radius 3 is 2.79 bits per heavy atom. The lowest BCUT2D eigenvalue weighted by Gasteiger charge is -2.16. The molecule has 0 N–H and O–H groups in total. The average Bonchev–Trinajstić information content (AvgIpc) is 2.45. The van der Waals surface area contributed by atoms with Crippen molar-refractivity contribution in [1.29, 1.82) is 0 Å². The van der Waals surface area contributed by atoms with Gasteiger partial charge in [0.25, 0.3) is 0 Å². The van der Waals surface area contributed by atoms with E-state index in [1.807, 2.05) is 6.07 Å². The summed E-state index contributed by atoms with van der Waals surface area (Å²) in [5.41, 5.74) is 2.34. The lowest BCUT2D eigenvalue weighted by Crippen LogP contribution is -2.24.